The van der Waals surface area contributed by atoms with Gasteiger partial charge in [0.05, 0.1) is 5.56 Å². The Balaban J connectivity index is 3.02. The number of nitrogens with one attached hydrogen (secondary N) is 1. The van der Waals surface area contributed by atoms with Crippen molar-refractivity contribution in [1.82, 2.24) is 5.32 Å². The summed E-state index contributed by atoms with van der Waals surface area (Å²) in [6, 6.07) is 4.82. The average Bonchev–Trinajstić information content (AvgIpc) is 2.41. The molecule has 1 N–H and O–H groups in total. The van der Waals surface area contributed by atoms with Crippen LogP contribution in [0.25, 0.3) is 0 Å². The molecule has 6 heteroatoms. The standard InChI is InChI=1S/C15H23F3N2S/c1-11(2)19-10-12-5-6-14(20(3)7-8-21-4)13(9-12)15(16,17)18/h5-6,9,11,19H,7-8,10H2,1-4H3. The zero-order valence-corrected chi connectivity index (χ0v) is 13.7. The molecule has 0 atom stereocenters. The van der Waals surface area contributed by atoms with Crippen molar-refractivity contribution >= 4 is 17.4 Å². The lowest BCUT2D eigenvalue weighted by atomic mass is 10.1. The molecule has 120 valence electrons. The van der Waals surface area contributed by atoms with E-state index >= 15 is 0 Å². The van der Waals surface area contributed by atoms with Crippen LogP contribution in [0.1, 0.15) is 25.0 Å². The van der Waals surface area contributed by atoms with Crippen LogP contribution in [0.5, 0.6) is 0 Å². The summed E-state index contributed by atoms with van der Waals surface area (Å²) in [6.07, 6.45) is -2.39. The van der Waals surface area contributed by atoms with Gasteiger partial charge in [0, 0.05) is 37.6 Å². The first-order valence-electron chi connectivity index (χ1n) is 6.89. The Labute approximate surface area is 129 Å². The number of rotatable bonds is 7. The van der Waals surface area contributed by atoms with Gasteiger partial charge < -0.3 is 10.2 Å². The molecule has 2 nitrogen and oxygen atoms in total. The van der Waals surface area contributed by atoms with Gasteiger partial charge in [-0.2, -0.15) is 24.9 Å². The minimum absolute atomic E-state index is 0.239. The molecular formula is C15H23F3N2S. The third kappa shape index (κ3) is 5.79. The molecule has 0 aliphatic heterocycles. The molecule has 0 saturated heterocycles. The van der Waals surface area contributed by atoms with E-state index in [1.807, 2.05) is 20.1 Å². The van der Waals surface area contributed by atoms with Crippen molar-refractivity contribution in [2.45, 2.75) is 32.6 Å². The van der Waals surface area contributed by atoms with Crippen molar-refractivity contribution in [3.8, 4) is 0 Å². The lowest BCUT2D eigenvalue weighted by Gasteiger charge is -2.24. The van der Waals surface area contributed by atoms with E-state index in [9.17, 15) is 13.2 Å². The highest BCUT2D eigenvalue weighted by molar-refractivity contribution is 7.98. The molecule has 0 fully saturated rings. The first-order valence-corrected chi connectivity index (χ1v) is 8.28. The monoisotopic (exact) mass is 320 g/mol. The van der Waals surface area contributed by atoms with E-state index in [0.717, 1.165) is 5.75 Å². The van der Waals surface area contributed by atoms with Gasteiger partial charge >= 0.3 is 6.18 Å². The minimum atomic E-state index is -4.34. The third-order valence-corrected chi connectivity index (χ3v) is 3.71. The summed E-state index contributed by atoms with van der Waals surface area (Å²) in [7, 11) is 1.70. The van der Waals surface area contributed by atoms with Crippen LogP contribution < -0.4 is 10.2 Å². The van der Waals surface area contributed by atoms with E-state index in [0.29, 0.717) is 18.7 Å². The number of nitrogens with zero attached hydrogens (tertiary/aromatic N) is 1. The zero-order valence-electron chi connectivity index (χ0n) is 12.9. The highest BCUT2D eigenvalue weighted by atomic mass is 32.2. The van der Waals surface area contributed by atoms with Crippen molar-refractivity contribution < 1.29 is 13.2 Å². The molecule has 0 radical (unpaired) electrons. The van der Waals surface area contributed by atoms with Gasteiger partial charge in [-0.15, -0.1) is 0 Å². The second-order valence-corrected chi connectivity index (χ2v) is 6.28. The number of benzene rings is 1. The van der Waals surface area contributed by atoms with Crippen LogP contribution in [0, 0.1) is 0 Å². The predicted molar refractivity (Wildman–Crippen MR) is 85.1 cm³/mol. The molecule has 0 aliphatic carbocycles. The van der Waals surface area contributed by atoms with Gasteiger partial charge in [-0.25, -0.2) is 0 Å². The number of thioether (sulfide) groups is 1. The fraction of sp³-hybridized carbons (Fsp3) is 0.600. The van der Waals surface area contributed by atoms with Gasteiger partial charge in [-0.3, -0.25) is 0 Å². The average molecular weight is 320 g/mol. The molecule has 0 bridgehead atoms. The zero-order chi connectivity index (χ0) is 16.0. The fourth-order valence-corrected chi connectivity index (χ4v) is 2.38. The molecule has 1 aromatic rings. The van der Waals surface area contributed by atoms with E-state index in [2.05, 4.69) is 5.32 Å². The van der Waals surface area contributed by atoms with E-state index in [-0.39, 0.29) is 11.7 Å². The van der Waals surface area contributed by atoms with Gasteiger partial charge in [0.2, 0.25) is 0 Å². The molecule has 1 aromatic carbocycles. The first kappa shape index (κ1) is 18.2. The smallest absolute Gasteiger partial charge is 0.373 e. The Hall–Kier alpha value is -0.880. The Morgan fingerprint density at radius 1 is 1.29 bits per heavy atom. The van der Waals surface area contributed by atoms with Crippen LogP contribution in [0.15, 0.2) is 18.2 Å². The molecule has 0 amide bonds. The van der Waals surface area contributed by atoms with Crippen LogP contribution in [-0.2, 0) is 12.7 Å². The maximum Gasteiger partial charge on any atom is 0.418 e. The van der Waals surface area contributed by atoms with Crippen LogP contribution in [0.2, 0.25) is 0 Å². The van der Waals surface area contributed by atoms with Gasteiger partial charge in [0.1, 0.15) is 0 Å². The number of alkyl halides is 3. The lowest BCUT2D eigenvalue weighted by Crippen LogP contribution is -2.25. The maximum absolute atomic E-state index is 13.3. The minimum Gasteiger partial charge on any atom is -0.373 e. The number of hydrogen-bond donors (Lipinski definition) is 1. The molecule has 0 saturated carbocycles. The summed E-state index contributed by atoms with van der Waals surface area (Å²) in [6.45, 7) is 4.97. The summed E-state index contributed by atoms with van der Waals surface area (Å²) in [5, 5.41) is 3.14. The number of hydrogen-bond acceptors (Lipinski definition) is 3. The van der Waals surface area contributed by atoms with E-state index in [4.69, 9.17) is 0 Å². The van der Waals surface area contributed by atoms with Crippen molar-refractivity contribution in [2.24, 2.45) is 0 Å². The second kappa shape index (κ2) is 7.94. The summed E-state index contributed by atoms with van der Waals surface area (Å²) < 4.78 is 39.8. The van der Waals surface area contributed by atoms with Gasteiger partial charge in [0.15, 0.2) is 0 Å². The molecule has 0 spiro atoms. The molecule has 0 aromatic heterocycles. The topological polar surface area (TPSA) is 15.3 Å². The summed E-state index contributed by atoms with van der Waals surface area (Å²) >= 11 is 1.62. The summed E-state index contributed by atoms with van der Waals surface area (Å²) in [5.41, 5.74) is 0.331. The third-order valence-electron chi connectivity index (χ3n) is 3.12. The summed E-state index contributed by atoms with van der Waals surface area (Å²) in [4.78, 5) is 1.67. The Morgan fingerprint density at radius 3 is 2.48 bits per heavy atom. The van der Waals surface area contributed by atoms with Crippen LogP contribution in [0.4, 0.5) is 18.9 Å². The van der Waals surface area contributed by atoms with Crippen molar-refractivity contribution in [3.05, 3.63) is 29.3 Å². The molecule has 1 rings (SSSR count). The molecule has 0 heterocycles. The van der Waals surface area contributed by atoms with E-state index in [1.165, 1.54) is 6.07 Å². The van der Waals surface area contributed by atoms with Crippen molar-refractivity contribution in [2.75, 3.05) is 30.5 Å². The molecule has 0 aliphatic rings. The SMILES string of the molecule is CSCCN(C)c1ccc(CNC(C)C)cc1C(F)(F)F. The van der Waals surface area contributed by atoms with Gasteiger partial charge in [0.25, 0.3) is 0 Å². The van der Waals surface area contributed by atoms with Crippen LogP contribution in [-0.4, -0.2) is 31.6 Å². The largest absolute Gasteiger partial charge is 0.418 e. The number of anilines is 1. The Morgan fingerprint density at radius 2 is 1.95 bits per heavy atom. The summed E-state index contributed by atoms with van der Waals surface area (Å²) in [5.74, 6) is 0.796. The Kier molecular flexibility index (Phi) is 6.87. The lowest BCUT2D eigenvalue weighted by molar-refractivity contribution is -0.137. The van der Waals surface area contributed by atoms with Gasteiger partial charge in [-0.1, -0.05) is 19.9 Å². The second-order valence-electron chi connectivity index (χ2n) is 5.30. The van der Waals surface area contributed by atoms with Crippen molar-refractivity contribution in [1.29, 1.82) is 0 Å². The highest BCUT2D eigenvalue weighted by Gasteiger charge is 2.34. The Bertz CT molecular complexity index is 447. The fourth-order valence-electron chi connectivity index (χ4n) is 1.92. The molecule has 21 heavy (non-hydrogen) atoms. The normalized spacial score (nSPS) is 12.0. The van der Waals surface area contributed by atoms with Gasteiger partial charge in [-0.05, 0) is 24.0 Å². The number of halogens is 3. The molecular weight excluding hydrogens is 297 g/mol. The molecule has 0 unspecified atom stereocenters. The van der Waals surface area contributed by atoms with E-state index in [1.54, 1.807) is 35.8 Å². The van der Waals surface area contributed by atoms with E-state index < -0.39 is 11.7 Å². The quantitative estimate of drug-likeness (QED) is 0.817. The first-order chi connectivity index (χ1) is 9.75. The van der Waals surface area contributed by atoms with Crippen molar-refractivity contribution in [3.63, 3.8) is 0 Å². The highest BCUT2D eigenvalue weighted by Crippen LogP contribution is 2.37. The maximum atomic E-state index is 13.3. The van der Waals surface area contributed by atoms with Crippen LogP contribution >= 0.6 is 11.8 Å². The predicted octanol–water partition coefficient (Wildman–Crippen LogP) is 4.00. The van der Waals surface area contributed by atoms with Crippen LogP contribution in [0.3, 0.4) is 0 Å².